The van der Waals surface area contributed by atoms with E-state index in [1.54, 1.807) is 94.6 Å². The van der Waals surface area contributed by atoms with Crippen LogP contribution >= 0.6 is 63.1 Å². The minimum Gasteiger partial charge on any atom is -0.503 e. The van der Waals surface area contributed by atoms with Crippen molar-refractivity contribution in [3.05, 3.63) is 325 Å². The highest BCUT2D eigenvalue weighted by molar-refractivity contribution is 9.10. The molecule has 4 aromatic heterocycles. The minimum atomic E-state index is -0.664. The zero-order valence-corrected chi connectivity index (χ0v) is 58.7. The third kappa shape index (κ3) is 20.1. The maximum absolute atomic E-state index is 13.8. The summed E-state index contributed by atoms with van der Waals surface area (Å²) >= 11 is 21.4. The van der Waals surface area contributed by atoms with Crippen LogP contribution in [0.1, 0.15) is 48.8 Å². The molecule has 0 saturated heterocycles. The number of carbonyl (C=O) groups excluding carboxylic acids is 2. The maximum atomic E-state index is 13.8. The molecule has 0 spiro atoms. The summed E-state index contributed by atoms with van der Waals surface area (Å²) in [5.41, 5.74) is 4.56. The summed E-state index contributed by atoms with van der Waals surface area (Å²) in [4.78, 5) is 79.2. The van der Waals surface area contributed by atoms with Gasteiger partial charge in [-0.1, -0.05) is 193 Å². The zero-order valence-electron chi connectivity index (χ0n) is 54.0. The molecule has 11 aromatic rings. The zero-order chi connectivity index (χ0) is 69.7. The van der Waals surface area contributed by atoms with Crippen LogP contribution in [0.5, 0.6) is 17.2 Å². The van der Waals surface area contributed by atoms with E-state index in [0.717, 1.165) is 27.8 Å². The van der Waals surface area contributed by atoms with E-state index in [1.165, 1.54) is 43.6 Å². The van der Waals surface area contributed by atoms with Crippen molar-refractivity contribution in [1.82, 2.24) is 28.7 Å². The Hall–Kier alpha value is -9.58. The van der Waals surface area contributed by atoms with Crippen LogP contribution in [-0.2, 0) is 64.9 Å². The fourth-order valence-corrected chi connectivity index (χ4v) is 11.3. The summed E-state index contributed by atoms with van der Waals surface area (Å²) in [5, 5.41) is 17.9. The lowest BCUT2D eigenvalue weighted by Crippen LogP contribution is -2.33. The van der Waals surface area contributed by atoms with Crippen LogP contribution in [0.3, 0.4) is 0 Å². The first-order chi connectivity index (χ1) is 47.5. The molecule has 19 nitrogen and oxygen atoms in total. The van der Waals surface area contributed by atoms with E-state index in [9.17, 15) is 33.9 Å². The second-order valence-electron chi connectivity index (χ2n) is 21.9. The highest BCUT2D eigenvalue weighted by Crippen LogP contribution is 2.27. The molecule has 0 bridgehead atoms. The summed E-state index contributed by atoms with van der Waals surface area (Å²) in [6, 6.07) is 58.7. The molecular formula is C75H69BrCl4N6O13. The van der Waals surface area contributed by atoms with E-state index in [1.807, 2.05) is 133 Å². The highest BCUT2D eigenvalue weighted by Gasteiger charge is 2.27. The molecular weight excluding hydrogens is 1410 g/mol. The van der Waals surface area contributed by atoms with Gasteiger partial charge in [0, 0.05) is 98.7 Å². The Morgan fingerprint density at radius 1 is 0.475 bits per heavy atom. The largest absolute Gasteiger partial charge is 0.503 e. The predicted molar refractivity (Wildman–Crippen MR) is 390 cm³/mol. The molecule has 0 atom stereocenters. The molecule has 7 aromatic carbocycles. The van der Waals surface area contributed by atoms with Crippen LogP contribution in [0.2, 0.25) is 15.1 Å². The number of aromatic nitrogens is 4. The lowest BCUT2D eigenvalue weighted by molar-refractivity contribution is -0.111. The van der Waals surface area contributed by atoms with Gasteiger partial charge in [0.15, 0.2) is 46.7 Å². The summed E-state index contributed by atoms with van der Waals surface area (Å²) in [5.74, 6) is -1.63. The van der Waals surface area contributed by atoms with E-state index < -0.39 is 46.6 Å². The number of carbonyl (C=O) groups is 2. The first kappa shape index (κ1) is 75.2. The third-order valence-electron chi connectivity index (χ3n) is 15.2. The summed E-state index contributed by atoms with van der Waals surface area (Å²) in [7, 11) is 6.02. The Morgan fingerprint density at radius 2 is 0.869 bits per heavy atom. The Balaban J connectivity index is 0.000000191. The lowest BCUT2D eigenvalue weighted by Gasteiger charge is -2.22. The maximum Gasteiger partial charge on any atom is 0.279 e. The van der Waals surface area contributed by atoms with Crippen molar-refractivity contribution < 1.29 is 43.1 Å². The van der Waals surface area contributed by atoms with Crippen molar-refractivity contribution in [2.75, 3.05) is 28.4 Å². The standard InChI is InChI=1S/C30H29ClN2O5.C24H24BrClN2O5.C21H15ClN2O3.ClH/c1-36-26(37-2)19-33-18-25(23-13-7-4-8-14-23)28(34)29(38-20-21-10-5-3-6-11-21)27(33)30(35)32-17-22-12-9-15-24(31)16-22;1-31-20(32-2)14-28-13-19(25)22(29)23(33-15-16-7-4-3-5-8-16)21(28)24(30)27-12-17-9-6-10-18(26)11-17;22-16-8-4-5-14(11-16)12-24-10-9-23-13-17(15-6-2-1-3-7-15)19(25)20(26)18(23)21(24)27;/h3-16,18,26H,17,19-20H2,1-2H3,(H,32,35);3-11,13,20H,12,14-15H2,1-2H3,(H,27,30);1-11,13,26H,12H2;1H. The van der Waals surface area contributed by atoms with Gasteiger partial charge in [0.1, 0.15) is 13.2 Å². The van der Waals surface area contributed by atoms with Gasteiger partial charge in [-0.2, -0.15) is 0 Å². The summed E-state index contributed by atoms with van der Waals surface area (Å²) < 4.78 is 39.8. The molecule has 4 heterocycles. The number of hydrogen-bond donors (Lipinski definition) is 3. The fraction of sp³-hybridized carbons (Fsp3) is 0.173. The lowest BCUT2D eigenvalue weighted by atomic mass is 10.1. The van der Waals surface area contributed by atoms with Gasteiger partial charge in [-0.25, -0.2) is 0 Å². The molecule has 512 valence electrons. The predicted octanol–water partition coefficient (Wildman–Crippen LogP) is 13.6. The Labute approximate surface area is 599 Å². The summed E-state index contributed by atoms with van der Waals surface area (Å²) in [6.07, 6.45) is 6.70. The number of nitrogens with zero attached hydrogens (tertiary/aromatic N) is 4. The molecule has 0 aliphatic carbocycles. The van der Waals surface area contributed by atoms with Crippen molar-refractivity contribution in [3.63, 3.8) is 0 Å². The number of benzene rings is 7. The minimum absolute atomic E-state index is 0. The van der Waals surface area contributed by atoms with Crippen molar-refractivity contribution in [3.8, 4) is 39.5 Å². The van der Waals surface area contributed by atoms with E-state index >= 15 is 0 Å². The van der Waals surface area contributed by atoms with Gasteiger partial charge in [0.25, 0.3) is 17.4 Å². The van der Waals surface area contributed by atoms with E-state index in [-0.39, 0.29) is 96.6 Å². The number of ether oxygens (including phenoxy) is 6. The average Bonchev–Trinajstić information content (AvgIpc) is 0.760. The number of fused-ring (bicyclic) bond motifs is 1. The summed E-state index contributed by atoms with van der Waals surface area (Å²) in [6.45, 7) is 1.26. The van der Waals surface area contributed by atoms with Crippen LogP contribution in [0, 0.1) is 0 Å². The van der Waals surface area contributed by atoms with Crippen molar-refractivity contribution in [1.29, 1.82) is 0 Å². The van der Waals surface area contributed by atoms with Gasteiger partial charge < -0.3 is 62.3 Å². The van der Waals surface area contributed by atoms with E-state index in [0.29, 0.717) is 37.3 Å². The van der Waals surface area contributed by atoms with Gasteiger partial charge in [0.05, 0.1) is 24.1 Å². The average molecular weight is 1480 g/mol. The van der Waals surface area contributed by atoms with Crippen LogP contribution in [0.4, 0.5) is 0 Å². The molecule has 24 heteroatoms. The molecule has 0 aliphatic heterocycles. The smallest absolute Gasteiger partial charge is 0.279 e. The second-order valence-corrected chi connectivity index (χ2v) is 24.0. The van der Waals surface area contributed by atoms with E-state index in [2.05, 4.69) is 26.6 Å². The highest BCUT2D eigenvalue weighted by atomic mass is 79.9. The molecule has 0 radical (unpaired) electrons. The number of halogens is 5. The monoisotopic (exact) mass is 1480 g/mol. The number of methoxy groups -OCH3 is 4. The van der Waals surface area contributed by atoms with Gasteiger partial charge >= 0.3 is 0 Å². The number of rotatable bonds is 24. The topological polar surface area (TPSA) is 221 Å². The van der Waals surface area contributed by atoms with Gasteiger partial charge in [-0.15, -0.1) is 12.4 Å². The molecule has 99 heavy (non-hydrogen) atoms. The Bertz CT molecular complexity index is 4790. The Morgan fingerprint density at radius 3 is 1.31 bits per heavy atom. The number of nitrogens with one attached hydrogen (secondary N) is 2. The van der Waals surface area contributed by atoms with E-state index in [4.69, 9.17) is 63.2 Å². The van der Waals surface area contributed by atoms with Crippen LogP contribution in [0.15, 0.2) is 249 Å². The van der Waals surface area contributed by atoms with Gasteiger partial charge in [-0.05, 0) is 91.3 Å². The number of amides is 2. The Kier molecular flexibility index (Phi) is 28.0. The number of pyridine rings is 3. The van der Waals surface area contributed by atoms with Crippen molar-refractivity contribution in [2.24, 2.45) is 0 Å². The number of hydrogen-bond acceptors (Lipinski definition) is 13. The third-order valence-corrected chi connectivity index (χ3v) is 16.5. The second kappa shape index (κ2) is 36.8. The molecule has 0 aliphatic rings. The molecule has 2 amide bonds. The van der Waals surface area contributed by atoms with Gasteiger partial charge in [0.2, 0.25) is 16.3 Å². The number of aromatic hydroxyl groups is 1. The molecule has 3 N–H and O–H groups in total. The molecule has 0 saturated carbocycles. The van der Waals surface area contributed by atoms with Crippen molar-refractivity contribution in [2.45, 2.75) is 58.5 Å². The quantitative estimate of drug-likeness (QED) is 0.0480. The van der Waals surface area contributed by atoms with Crippen LogP contribution in [0.25, 0.3) is 27.8 Å². The molecule has 0 fully saturated rings. The van der Waals surface area contributed by atoms with Gasteiger partial charge in [-0.3, -0.25) is 28.8 Å². The molecule has 0 unspecified atom stereocenters. The first-order valence-corrected chi connectivity index (χ1v) is 32.4. The van der Waals surface area contributed by atoms with Crippen molar-refractivity contribution >= 4 is 80.5 Å². The van der Waals surface area contributed by atoms with Crippen LogP contribution in [-0.4, -0.2) is 76.0 Å². The fourth-order valence-electron chi connectivity index (χ4n) is 10.3. The molecule has 11 rings (SSSR count). The first-order valence-electron chi connectivity index (χ1n) is 30.5. The normalized spacial score (nSPS) is 10.8. The van der Waals surface area contributed by atoms with Crippen LogP contribution < -0.4 is 42.0 Å². The SMILES string of the molecule is COC(Cn1cc(-c2ccccc2)c(=O)c(OCc2ccccc2)c1C(=O)NCc1cccc(Cl)c1)OC.COC(Cn1cc(Br)c(=O)c(OCc2ccccc2)c1C(=O)NCc1cccc(Cl)c1)OC.Cl.O=c1c(-c2ccccc2)cn2ccn(Cc3cccc(Cl)c3)c(=O)c2c1O.